The van der Waals surface area contributed by atoms with E-state index in [1.54, 1.807) is 11.8 Å². The highest BCUT2D eigenvalue weighted by molar-refractivity contribution is 7.98. The van der Waals surface area contributed by atoms with E-state index < -0.39 is 0 Å². The summed E-state index contributed by atoms with van der Waals surface area (Å²) in [6, 6.07) is 15.0. The van der Waals surface area contributed by atoms with Crippen LogP contribution in [0.15, 0.2) is 53.4 Å². The molecule has 1 nitrogen and oxygen atoms in total. The molecule has 1 N–H and O–H groups in total. The number of benzene rings is 2. The van der Waals surface area contributed by atoms with Crippen LogP contribution in [0.5, 0.6) is 0 Å². The average molecular weight is 261 g/mol. The summed E-state index contributed by atoms with van der Waals surface area (Å²) in [5.41, 5.74) is 2.16. The third kappa shape index (κ3) is 3.26. The molecule has 0 aliphatic heterocycles. The predicted octanol–water partition coefficient (Wildman–Crippen LogP) is 4.72. The van der Waals surface area contributed by atoms with Gasteiger partial charge in [0.1, 0.15) is 5.82 Å². The van der Waals surface area contributed by atoms with E-state index in [-0.39, 0.29) is 11.9 Å². The highest BCUT2D eigenvalue weighted by Gasteiger charge is 2.05. The van der Waals surface area contributed by atoms with Crippen LogP contribution in [0.3, 0.4) is 0 Å². The molecule has 0 saturated carbocycles. The van der Waals surface area contributed by atoms with Crippen LogP contribution in [0.4, 0.5) is 10.1 Å². The first-order chi connectivity index (χ1) is 8.69. The van der Waals surface area contributed by atoms with Crippen molar-refractivity contribution < 1.29 is 4.39 Å². The second-order valence-electron chi connectivity index (χ2n) is 4.15. The van der Waals surface area contributed by atoms with E-state index in [1.807, 2.05) is 24.3 Å². The lowest BCUT2D eigenvalue weighted by molar-refractivity contribution is 0.626. The Hall–Kier alpha value is -1.48. The molecule has 0 bridgehead atoms. The molecule has 3 heteroatoms. The smallest absolute Gasteiger partial charge is 0.123 e. The number of nitrogens with one attached hydrogen (secondary N) is 1. The summed E-state index contributed by atoms with van der Waals surface area (Å²) in [6.07, 6.45) is 2.06. The fourth-order valence-electron chi connectivity index (χ4n) is 1.80. The van der Waals surface area contributed by atoms with Crippen LogP contribution in [-0.2, 0) is 0 Å². The molecule has 0 radical (unpaired) electrons. The van der Waals surface area contributed by atoms with E-state index in [9.17, 15) is 4.39 Å². The van der Waals surface area contributed by atoms with Crippen LogP contribution in [0.1, 0.15) is 18.5 Å². The van der Waals surface area contributed by atoms with Crippen molar-refractivity contribution in [1.29, 1.82) is 0 Å². The summed E-state index contributed by atoms with van der Waals surface area (Å²) < 4.78 is 12.9. The Kier molecular flexibility index (Phi) is 4.26. The molecule has 94 valence electrons. The van der Waals surface area contributed by atoms with Gasteiger partial charge < -0.3 is 5.32 Å². The quantitative estimate of drug-likeness (QED) is 0.799. The summed E-state index contributed by atoms with van der Waals surface area (Å²) in [4.78, 5) is 1.23. The van der Waals surface area contributed by atoms with Gasteiger partial charge in [0.15, 0.2) is 0 Å². The molecular weight excluding hydrogens is 245 g/mol. The van der Waals surface area contributed by atoms with Gasteiger partial charge in [0.05, 0.1) is 0 Å². The maximum atomic E-state index is 12.9. The van der Waals surface area contributed by atoms with E-state index in [2.05, 4.69) is 30.6 Å². The molecule has 0 aliphatic rings. The molecule has 2 rings (SSSR count). The van der Waals surface area contributed by atoms with E-state index in [4.69, 9.17) is 0 Å². The van der Waals surface area contributed by atoms with Crippen molar-refractivity contribution in [3.63, 3.8) is 0 Å². The molecule has 1 atom stereocenters. The fraction of sp³-hybridized carbons (Fsp3) is 0.200. The standard InChI is InChI=1S/C15H16FNS/c1-11(12-6-8-13(16)9-7-12)17-14-4-3-5-15(10-14)18-2/h3-11,17H,1-2H3. The van der Waals surface area contributed by atoms with Crippen molar-refractivity contribution in [2.75, 3.05) is 11.6 Å². The van der Waals surface area contributed by atoms with E-state index >= 15 is 0 Å². The molecule has 0 heterocycles. The Balaban J connectivity index is 2.10. The van der Waals surface area contributed by atoms with Crippen LogP contribution < -0.4 is 5.32 Å². The third-order valence-electron chi connectivity index (χ3n) is 2.82. The lowest BCUT2D eigenvalue weighted by Gasteiger charge is -2.16. The lowest BCUT2D eigenvalue weighted by Crippen LogP contribution is -2.06. The summed E-state index contributed by atoms with van der Waals surface area (Å²) in [6.45, 7) is 2.07. The van der Waals surface area contributed by atoms with Crippen molar-refractivity contribution in [1.82, 2.24) is 0 Å². The first kappa shape index (κ1) is 13.0. The minimum atomic E-state index is -0.199. The van der Waals surface area contributed by atoms with Gasteiger partial charge in [0, 0.05) is 16.6 Å². The van der Waals surface area contributed by atoms with Crippen molar-refractivity contribution >= 4 is 17.4 Å². The summed E-state index contributed by atoms with van der Waals surface area (Å²) in [5.74, 6) is -0.199. The Morgan fingerprint density at radius 1 is 1.11 bits per heavy atom. The summed E-state index contributed by atoms with van der Waals surface area (Å²) in [7, 11) is 0. The van der Waals surface area contributed by atoms with Crippen LogP contribution in [0.25, 0.3) is 0 Å². The zero-order valence-corrected chi connectivity index (χ0v) is 11.3. The van der Waals surface area contributed by atoms with Crippen molar-refractivity contribution in [3.05, 3.63) is 59.9 Å². The topological polar surface area (TPSA) is 12.0 Å². The normalized spacial score (nSPS) is 12.2. The van der Waals surface area contributed by atoms with Gasteiger partial charge in [-0.3, -0.25) is 0 Å². The summed E-state index contributed by atoms with van der Waals surface area (Å²) in [5, 5.41) is 3.42. The van der Waals surface area contributed by atoms with E-state index in [0.717, 1.165) is 11.3 Å². The number of hydrogen-bond acceptors (Lipinski definition) is 2. The Morgan fingerprint density at radius 2 is 1.83 bits per heavy atom. The second kappa shape index (κ2) is 5.91. The van der Waals surface area contributed by atoms with Gasteiger partial charge in [-0.2, -0.15) is 0 Å². The lowest BCUT2D eigenvalue weighted by atomic mass is 10.1. The molecule has 0 fully saturated rings. The second-order valence-corrected chi connectivity index (χ2v) is 5.03. The molecule has 0 amide bonds. The molecule has 0 aliphatic carbocycles. The van der Waals surface area contributed by atoms with Gasteiger partial charge in [-0.1, -0.05) is 18.2 Å². The number of thioether (sulfide) groups is 1. The van der Waals surface area contributed by atoms with E-state index in [0.29, 0.717) is 0 Å². The Bertz CT molecular complexity index is 510. The molecular formula is C15H16FNS. The van der Waals surface area contributed by atoms with Crippen molar-refractivity contribution in [3.8, 4) is 0 Å². The van der Waals surface area contributed by atoms with Crippen LogP contribution in [0.2, 0.25) is 0 Å². The Labute approximate surface area is 111 Å². The average Bonchev–Trinajstić information content (AvgIpc) is 2.39. The van der Waals surface area contributed by atoms with Crippen LogP contribution in [-0.4, -0.2) is 6.26 Å². The van der Waals surface area contributed by atoms with Crippen molar-refractivity contribution in [2.45, 2.75) is 17.9 Å². The molecule has 2 aromatic rings. The van der Waals surface area contributed by atoms with Gasteiger partial charge in [0.2, 0.25) is 0 Å². The predicted molar refractivity (Wildman–Crippen MR) is 76.7 cm³/mol. The largest absolute Gasteiger partial charge is 0.378 e. The van der Waals surface area contributed by atoms with Gasteiger partial charge in [-0.05, 0) is 49.1 Å². The van der Waals surface area contributed by atoms with Crippen LogP contribution >= 0.6 is 11.8 Å². The first-order valence-corrected chi connectivity index (χ1v) is 7.07. The number of rotatable bonds is 4. The maximum Gasteiger partial charge on any atom is 0.123 e. The zero-order valence-electron chi connectivity index (χ0n) is 10.5. The highest BCUT2D eigenvalue weighted by atomic mass is 32.2. The van der Waals surface area contributed by atoms with Gasteiger partial charge in [-0.25, -0.2) is 4.39 Å². The van der Waals surface area contributed by atoms with Gasteiger partial charge in [0.25, 0.3) is 0 Å². The minimum absolute atomic E-state index is 0.155. The SMILES string of the molecule is CSc1cccc(NC(C)c2ccc(F)cc2)c1. The molecule has 2 aromatic carbocycles. The maximum absolute atomic E-state index is 12.9. The molecule has 0 spiro atoms. The first-order valence-electron chi connectivity index (χ1n) is 5.85. The molecule has 0 saturated heterocycles. The molecule has 18 heavy (non-hydrogen) atoms. The van der Waals surface area contributed by atoms with Crippen molar-refractivity contribution in [2.24, 2.45) is 0 Å². The fourth-order valence-corrected chi connectivity index (χ4v) is 2.26. The molecule has 1 unspecified atom stereocenters. The van der Waals surface area contributed by atoms with E-state index in [1.165, 1.54) is 17.0 Å². The van der Waals surface area contributed by atoms with Crippen LogP contribution in [0, 0.1) is 5.82 Å². The van der Waals surface area contributed by atoms with Gasteiger partial charge in [-0.15, -0.1) is 11.8 Å². The number of halogens is 1. The molecule has 0 aromatic heterocycles. The zero-order chi connectivity index (χ0) is 13.0. The monoisotopic (exact) mass is 261 g/mol. The highest BCUT2D eigenvalue weighted by Crippen LogP contribution is 2.23. The minimum Gasteiger partial charge on any atom is -0.378 e. The number of hydrogen-bond donors (Lipinski definition) is 1. The summed E-state index contributed by atoms with van der Waals surface area (Å²) >= 11 is 1.72. The third-order valence-corrected chi connectivity index (χ3v) is 3.55. The van der Waals surface area contributed by atoms with Gasteiger partial charge >= 0.3 is 0 Å². The number of anilines is 1. The Morgan fingerprint density at radius 3 is 2.50 bits per heavy atom.